The molecular weight excluding hydrogens is 364 g/mol. The Morgan fingerprint density at radius 2 is 2.08 bits per heavy atom. The summed E-state index contributed by atoms with van der Waals surface area (Å²) in [6.07, 6.45) is 2.17. The van der Waals surface area contributed by atoms with Crippen LogP contribution in [-0.2, 0) is 0 Å². The summed E-state index contributed by atoms with van der Waals surface area (Å²) in [6, 6.07) is 8.44. The van der Waals surface area contributed by atoms with E-state index in [9.17, 15) is 0 Å². The van der Waals surface area contributed by atoms with Crippen molar-refractivity contribution in [2.45, 2.75) is 33.6 Å². The van der Waals surface area contributed by atoms with Gasteiger partial charge >= 0.3 is 0 Å². The largest absolute Gasteiger partial charge is 0.370 e. The Balaban J connectivity index is 2.10. The Bertz CT molecular complexity index is 924. The summed E-state index contributed by atoms with van der Waals surface area (Å²) < 4.78 is 1.08. The SMILES string of the molecule is CCCCN=C(N)Nc1cc(C)c2[nH]c3ccc(Br)cc3c2c1C. The lowest BCUT2D eigenvalue weighted by atomic mass is 10.0. The first-order chi connectivity index (χ1) is 11.5. The Hall–Kier alpha value is -2.01. The van der Waals surface area contributed by atoms with Gasteiger partial charge in [-0.1, -0.05) is 29.3 Å². The van der Waals surface area contributed by atoms with Gasteiger partial charge in [-0.2, -0.15) is 0 Å². The molecule has 0 amide bonds. The van der Waals surface area contributed by atoms with Gasteiger partial charge in [0.05, 0.1) is 0 Å². The van der Waals surface area contributed by atoms with E-state index in [0.29, 0.717) is 5.96 Å². The summed E-state index contributed by atoms with van der Waals surface area (Å²) in [5, 5.41) is 5.72. The first-order valence-corrected chi connectivity index (χ1v) is 9.08. The van der Waals surface area contributed by atoms with E-state index in [4.69, 9.17) is 5.73 Å². The van der Waals surface area contributed by atoms with E-state index in [1.807, 2.05) is 0 Å². The second-order valence-electron chi connectivity index (χ2n) is 6.18. The number of nitrogens with zero attached hydrogens (tertiary/aromatic N) is 1. The molecule has 0 radical (unpaired) electrons. The third-order valence-electron chi connectivity index (χ3n) is 4.35. The van der Waals surface area contributed by atoms with Crippen LogP contribution in [0.1, 0.15) is 30.9 Å². The standard InChI is InChI=1S/C19H23BrN4/c1-4-5-8-22-19(21)24-16-9-11(2)18-17(12(16)3)14-10-13(20)6-7-15(14)23-18/h6-7,9-10,23H,4-5,8H2,1-3H3,(H3,21,22,24). The van der Waals surface area contributed by atoms with Gasteiger partial charge in [0.25, 0.3) is 0 Å². The van der Waals surface area contributed by atoms with Crippen LogP contribution in [0, 0.1) is 13.8 Å². The number of halogens is 1. The fourth-order valence-corrected chi connectivity index (χ4v) is 3.41. The third-order valence-corrected chi connectivity index (χ3v) is 4.84. The van der Waals surface area contributed by atoms with Gasteiger partial charge in [-0.05, 0) is 55.7 Å². The van der Waals surface area contributed by atoms with E-state index in [0.717, 1.165) is 35.1 Å². The maximum atomic E-state index is 6.05. The predicted molar refractivity (Wildman–Crippen MR) is 108 cm³/mol. The van der Waals surface area contributed by atoms with Gasteiger partial charge in [0.1, 0.15) is 0 Å². The number of aliphatic imine (C=N–C) groups is 1. The van der Waals surface area contributed by atoms with Crippen molar-refractivity contribution in [3.8, 4) is 0 Å². The molecule has 4 nitrogen and oxygen atoms in total. The van der Waals surface area contributed by atoms with Crippen molar-refractivity contribution in [2.24, 2.45) is 10.7 Å². The Labute approximate surface area is 150 Å². The highest BCUT2D eigenvalue weighted by Crippen LogP contribution is 2.35. The van der Waals surface area contributed by atoms with E-state index in [2.05, 4.69) is 76.3 Å². The summed E-state index contributed by atoms with van der Waals surface area (Å²) in [4.78, 5) is 7.92. The number of guanidine groups is 1. The number of aromatic nitrogens is 1. The average molecular weight is 387 g/mol. The quantitative estimate of drug-likeness (QED) is 0.326. The first-order valence-electron chi connectivity index (χ1n) is 8.29. The van der Waals surface area contributed by atoms with Crippen molar-refractivity contribution in [3.63, 3.8) is 0 Å². The fourth-order valence-electron chi connectivity index (χ4n) is 3.05. The highest BCUT2D eigenvalue weighted by Gasteiger charge is 2.13. The van der Waals surface area contributed by atoms with Gasteiger partial charge in [0, 0.05) is 38.5 Å². The molecule has 0 aliphatic heterocycles. The van der Waals surface area contributed by atoms with E-state index in [1.165, 1.54) is 27.4 Å². The number of hydrogen-bond donors (Lipinski definition) is 3. The fraction of sp³-hybridized carbons (Fsp3) is 0.316. The zero-order valence-electron chi connectivity index (χ0n) is 14.3. The smallest absolute Gasteiger partial charge is 0.193 e. The Morgan fingerprint density at radius 1 is 1.29 bits per heavy atom. The number of aromatic amines is 1. The van der Waals surface area contributed by atoms with Crippen molar-refractivity contribution >= 4 is 49.4 Å². The monoisotopic (exact) mass is 386 g/mol. The summed E-state index contributed by atoms with van der Waals surface area (Å²) in [5.41, 5.74) is 11.7. The Kier molecular flexibility index (Phi) is 4.81. The topological polar surface area (TPSA) is 66.2 Å². The molecule has 0 saturated carbocycles. The first kappa shape index (κ1) is 16.8. The van der Waals surface area contributed by atoms with Crippen LogP contribution in [0.25, 0.3) is 21.8 Å². The second-order valence-corrected chi connectivity index (χ2v) is 7.09. The summed E-state index contributed by atoms with van der Waals surface area (Å²) in [5.74, 6) is 0.478. The highest BCUT2D eigenvalue weighted by molar-refractivity contribution is 9.10. The molecule has 3 rings (SSSR count). The minimum atomic E-state index is 0.478. The number of anilines is 1. The highest BCUT2D eigenvalue weighted by atomic mass is 79.9. The number of nitrogens with two attached hydrogens (primary N) is 1. The van der Waals surface area contributed by atoms with E-state index >= 15 is 0 Å². The van der Waals surface area contributed by atoms with Crippen LogP contribution in [0.15, 0.2) is 33.7 Å². The molecule has 0 aliphatic rings. The molecule has 1 aromatic heterocycles. The van der Waals surface area contributed by atoms with Crippen LogP contribution in [0.3, 0.4) is 0 Å². The van der Waals surface area contributed by atoms with Crippen molar-refractivity contribution in [2.75, 3.05) is 11.9 Å². The molecule has 2 aromatic carbocycles. The molecule has 5 heteroatoms. The predicted octanol–water partition coefficient (Wildman–Crippen LogP) is 5.23. The molecule has 0 atom stereocenters. The Morgan fingerprint density at radius 3 is 2.83 bits per heavy atom. The van der Waals surface area contributed by atoms with Crippen molar-refractivity contribution in [1.29, 1.82) is 0 Å². The summed E-state index contributed by atoms with van der Waals surface area (Å²) >= 11 is 3.57. The summed E-state index contributed by atoms with van der Waals surface area (Å²) in [7, 11) is 0. The zero-order chi connectivity index (χ0) is 17.3. The minimum Gasteiger partial charge on any atom is -0.370 e. The number of nitrogens with one attached hydrogen (secondary N) is 2. The van der Waals surface area contributed by atoms with Gasteiger partial charge in [-0.25, -0.2) is 0 Å². The molecule has 0 bridgehead atoms. The van der Waals surface area contributed by atoms with Crippen molar-refractivity contribution < 1.29 is 0 Å². The van der Waals surface area contributed by atoms with Crippen LogP contribution in [-0.4, -0.2) is 17.5 Å². The van der Waals surface area contributed by atoms with Crippen molar-refractivity contribution in [1.82, 2.24) is 4.98 Å². The van der Waals surface area contributed by atoms with Crippen LogP contribution >= 0.6 is 15.9 Å². The number of benzene rings is 2. The lowest BCUT2D eigenvalue weighted by Gasteiger charge is -2.12. The molecule has 0 fully saturated rings. The molecule has 3 aromatic rings. The van der Waals surface area contributed by atoms with E-state index < -0.39 is 0 Å². The van der Waals surface area contributed by atoms with Crippen molar-refractivity contribution in [3.05, 3.63) is 39.9 Å². The zero-order valence-corrected chi connectivity index (χ0v) is 15.9. The lowest BCUT2D eigenvalue weighted by molar-refractivity contribution is 0.807. The van der Waals surface area contributed by atoms with Gasteiger partial charge in [-0.3, -0.25) is 4.99 Å². The molecular formula is C19H23BrN4. The molecule has 0 aliphatic carbocycles. The van der Waals surface area contributed by atoms with Crippen LogP contribution in [0.5, 0.6) is 0 Å². The average Bonchev–Trinajstić information content (AvgIpc) is 2.92. The molecule has 126 valence electrons. The normalized spacial score (nSPS) is 12.2. The van der Waals surface area contributed by atoms with Gasteiger partial charge in [-0.15, -0.1) is 0 Å². The third kappa shape index (κ3) is 3.13. The number of hydrogen-bond acceptors (Lipinski definition) is 1. The number of aryl methyl sites for hydroxylation is 2. The second kappa shape index (κ2) is 6.85. The number of fused-ring (bicyclic) bond motifs is 3. The number of rotatable bonds is 4. The maximum Gasteiger partial charge on any atom is 0.193 e. The number of unbranched alkanes of at least 4 members (excludes halogenated alkanes) is 1. The van der Waals surface area contributed by atoms with Crippen LogP contribution < -0.4 is 11.1 Å². The van der Waals surface area contributed by atoms with Gasteiger partial charge in [0.2, 0.25) is 0 Å². The van der Waals surface area contributed by atoms with Gasteiger partial charge < -0.3 is 16.0 Å². The van der Waals surface area contributed by atoms with Gasteiger partial charge in [0.15, 0.2) is 5.96 Å². The molecule has 0 saturated heterocycles. The maximum absolute atomic E-state index is 6.05. The molecule has 0 spiro atoms. The van der Waals surface area contributed by atoms with E-state index in [-0.39, 0.29) is 0 Å². The van der Waals surface area contributed by atoms with Crippen LogP contribution in [0.4, 0.5) is 5.69 Å². The van der Waals surface area contributed by atoms with E-state index in [1.54, 1.807) is 0 Å². The molecule has 1 heterocycles. The van der Waals surface area contributed by atoms with Crippen LogP contribution in [0.2, 0.25) is 0 Å². The summed E-state index contributed by atoms with van der Waals surface area (Å²) in [6.45, 7) is 7.14. The molecule has 24 heavy (non-hydrogen) atoms. The lowest BCUT2D eigenvalue weighted by Crippen LogP contribution is -2.23. The molecule has 4 N–H and O–H groups in total. The number of H-pyrrole nitrogens is 1. The minimum absolute atomic E-state index is 0.478. The molecule has 0 unspecified atom stereocenters.